The second kappa shape index (κ2) is 16.2. The second-order valence-electron chi connectivity index (χ2n) is 7.89. The van der Waals surface area contributed by atoms with Crippen molar-refractivity contribution in [3.63, 3.8) is 0 Å². The van der Waals surface area contributed by atoms with E-state index >= 15 is 0 Å². The molecule has 0 amide bonds. The number of ketones is 2. The van der Waals surface area contributed by atoms with Crippen molar-refractivity contribution in [3.8, 4) is 0 Å². The summed E-state index contributed by atoms with van der Waals surface area (Å²) in [6, 6.07) is 0. The minimum Gasteiger partial charge on any atom is -0.384 e. The molecule has 0 bridgehead atoms. The second-order valence-corrected chi connectivity index (χ2v) is 7.89. The lowest BCUT2D eigenvalue weighted by molar-refractivity contribution is -0.125. The zero-order valence-electron chi connectivity index (χ0n) is 19.4. The van der Waals surface area contributed by atoms with E-state index in [-0.39, 0.29) is 23.6 Å². The van der Waals surface area contributed by atoms with Crippen LogP contribution in [0.2, 0.25) is 0 Å². The molecular weight excluding hydrogens is 404 g/mol. The number of aliphatic hydroxyl groups is 1. The third kappa shape index (κ3) is 11.6. The Labute approximate surface area is 185 Å². The fourth-order valence-electron chi connectivity index (χ4n) is 2.73. The molecule has 1 aliphatic rings. The van der Waals surface area contributed by atoms with Crippen LogP contribution in [-0.4, -0.2) is 88.2 Å². The molecule has 9 heteroatoms. The van der Waals surface area contributed by atoms with Crippen molar-refractivity contribution in [2.75, 3.05) is 59.3 Å². The zero-order valence-corrected chi connectivity index (χ0v) is 19.4. The lowest BCUT2D eigenvalue weighted by atomic mass is 9.94. The normalized spacial score (nSPS) is 16.2. The van der Waals surface area contributed by atoms with Gasteiger partial charge in [-0.05, 0) is 20.3 Å². The molecule has 0 fully saturated rings. The molecule has 0 aromatic heterocycles. The Hall–Kier alpha value is -1.52. The van der Waals surface area contributed by atoms with E-state index in [2.05, 4.69) is 10.6 Å². The molecule has 9 nitrogen and oxygen atoms in total. The molecular formula is C22H40N2O7. The first kappa shape index (κ1) is 27.5. The number of hydrogen-bond acceptors (Lipinski definition) is 9. The first-order valence-corrected chi connectivity index (χ1v) is 11.2. The van der Waals surface area contributed by atoms with E-state index in [1.807, 2.05) is 27.7 Å². The fraction of sp³-hybridized carbons (Fsp3) is 0.818. The number of carbonyl (C=O) groups excluding carboxylic acids is 2. The van der Waals surface area contributed by atoms with Gasteiger partial charge in [0.05, 0.1) is 58.0 Å². The molecule has 1 unspecified atom stereocenters. The predicted molar refractivity (Wildman–Crippen MR) is 117 cm³/mol. The lowest BCUT2D eigenvalue weighted by Crippen LogP contribution is -2.48. The van der Waals surface area contributed by atoms with Crippen LogP contribution in [0.5, 0.6) is 0 Å². The van der Waals surface area contributed by atoms with Crippen LogP contribution in [0.25, 0.3) is 0 Å². The SMILES string of the molecule is CC(C)OCCOCCOCCOCCNC1=C(NCCCC(=O)C(C)C)C(O)C1=O. The van der Waals surface area contributed by atoms with E-state index in [0.717, 1.165) is 0 Å². The maximum atomic E-state index is 11.8. The van der Waals surface area contributed by atoms with Gasteiger partial charge in [-0.25, -0.2) is 0 Å². The number of ether oxygens (including phenoxy) is 4. The van der Waals surface area contributed by atoms with Gasteiger partial charge in [-0.15, -0.1) is 0 Å². The van der Waals surface area contributed by atoms with Crippen LogP contribution in [-0.2, 0) is 28.5 Å². The molecule has 0 heterocycles. The maximum absolute atomic E-state index is 11.8. The Morgan fingerprint density at radius 1 is 0.903 bits per heavy atom. The first-order chi connectivity index (χ1) is 14.8. The highest BCUT2D eigenvalue weighted by Gasteiger charge is 2.37. The number of hydrogen-bond donors (Lipinski definition) is 3. The first-order valence-electron chi connectivity index (χ1n) is 11.2. The summed E-state index contributed by atoms with van der Waals surface area (Å²) in [4.78, 5) is 23.4. The van der Waals surface area contributed by atoms with Crippen molar-refractivity contribution < 1.29 is 33.6 Å². The number of carbonyl (C=O) groups is 2. The average Bonchev–Trinajstić information content (AvgIpc) is 2.73. The minimum atomic E-state index is -1.11. The van der Waals surface area contributed by atoms with Crippen molar-refractivity contribution in [1.29, 1.82) is 0 Å². The van der Waals surface area contributed by atoms with Gasteiger partial charge < -0.3 is 34.7 Å². The molecule has 3 N–H and O–H groups in total. The van der Waals surface area contributed by atoms with Gasteiger partial charge in [0.2, 0.25) is 5.78 Å². The Bertz CT molecular complexity index is 564. The Morgan fingerprint density at radius 2 is 1.48 bits per heavy atom. The zero-order chi connectivity index (χ0) is 23.1. The molecule has 180 valence electrons. The molecule has 1 aliphatic carbocycles. The highest BCUT2D eigenvalue weighted by molar-refractivity contribution is 6.07. The van der Waals surface area contributed by atoms with Gasteiger partial charge in [0, 0.05) is 25.4 Å². The molecule has 0 saturated carbocycles. The van der Waals surface area contributed by atoms with Crippen LogP contribution in [0.1, 0.15) is 40.5 Å². The summed E-state index contributed by atoms with van der Waals surface area (Å²) < 4.78 is 21.6. The predicted octanol–water partition coefficient (Wildman–Crippen LogP) is 0.801. The third-order valence-corrected chi connectivity index (χ3v) is 4.57. The highest BCUT2D eigenvalue weighted by atomic mass is 16.6. The molecule has 1 atom stereocenters. The molecule has 1 rings (SSSR count). The number of nitrogens with one attached hydrogen (secondary N) is 2. The van der Waals surface area contributed by atoms with Crippen LogP contribution in [0.3, 0.4) is 0 Å². The van der Waals surface area contributed by atoms with Crippen molar-refractivity contribution in [2.24, 2.45) is 5.92 Å². The van der Waals surface area contributed by atoms with Crippen LogP contribution in [0.15, 0.2) is 11.4 Å². The summed E-state index contributed by atoms with van der Waals surface area (Å²) >= 11 is 0. The Balaban J connectivity index is 2.03. The van der Waals surface area contributed by atoms with Crippen molar-refractivity contribution in [2.45, 2.75) is 52.7 Å². The third-order valence-electron chi connectivity index (χ3n) is 4.57. The van der Waals surface area contributed by atoms with E-state index in [1.54, 1.807) is 0 Å². The van der Waals surface area contributed by atoms with Crippen LogP contribution < -0.4 is 10.6 Å². The molecule has 0 aromatic rings. The Morgan fingerprint density at radius 3 is 2.06 bits per heavy atom. The van der Waals surface area contributed by atoms with E-state index in [9.17, 15) is 14.7 Å². The smallest absolute Gasteiger partial charge is 0.215 e. The summed E-state index contributed by atoms with van der Waals surface area (Å²) in [5, 5.41) is 15.9. The van der Waals surface area contributed by atoms with Gasteiger partial charge in [-0.3, -0.25) is 9.59 Å². The molecule has 31 heavy (non-hydrogen) atoms. The summed E-state index contributed by atoms with van der Waals surface area (Å²) in [5.74, 6) is -0.0900. The van der Waals surface area contributed by atoms with Crippen molar-refractivity contribution >= 4 is 11.6 Å². The largest absolute Gasteiger partial charge is 0.384 e. The molecule has 0 radical (unpaired) electrons. The van der Waals surface area contributed by atoms with Gasteiger partial charge in [0.1, 0.15) is 11.5 Å². The molecule has 0 aliphatic heterocycles. The number of aliphatic hydroxyl groups excluding tert-OH is 1. The lowest BCUT2D eigenvalue weighted by Gasteiger charge is -2.29. The number of Topliss-reactive ketones (excluding diaryl/α,β-unsaturated/α-hetero) is 2. The summed E-state index contributed by atoms with van der Waals surface area (Å²) in [6.45, 7) is 12.2. The molecule has 0 saturated heterocycles. The van der Waals surface area contributed by atoms with Crippen LogP contribution >= 0.6 is 0 Å². The summed E-state index contributed by atoms with van der Waals surface area (Å²) in [5.41, 5.74) is 0.880. The average molecular weight is 445 g/mol. The van der Waals surface area contributed by atoms with Crippen molar-refractivity contribution in [3.05, 3.63) is 11.4 Å². The fourth-order valence-corrected chi connectivity index (χ4v) is 2.73. The monoisotopic (exact) mass is 444 g/mol. The van der Waals surface area contributed by atoms with Gasteiger partial charge in [-0.2, -0.15) is 0 Å². The van der Waals surface area contributed by atoms with E-state index in [4.69, 9.17) is 18.9 Å². The van der Waals surface area contributed by atoms with Gasteiger partial charge in [0.15, 0.2) is 6.10 Å². The summed E-state index contributed by atoms with van der Waals surface area (Å²) in [7, 11) is 0. The topological polar surface area (TPSA) is 115 Å². The van der Waals surface area contributed by atoms with Gasteiger partial charge in [0.25, 0.3) is 0 Å². The molecule has 0 spiro atoms. The van der Waals surface area contributed by atoms with Crippen LogP contribution in [0, 0.1) is 5.92 Å². The quantitative estimate of drug-likeness (QED) is 0.235. The Kier molecular flexibility index (Phi) is 14.3. The van der Waals surface area contributed by atoms with Crippen molar-refractivity contribution in [1.82, 2.24) is 10.6 Å². The van der Waals surface area contributed by atoms with E-state index < -0.39 is 6.10 Å². The minimum absolute atomic E-state index is 0.0284. The maximum Gasteiger partial charge on any atom is 0.215 e. The standard InChI is InChI=1S/C22H40N2O7/c1-16(2)18(25)6-5-7-23-19-20(22(27)21(19)26)24-8-9-28-10-11-29-12-13-30-14-15-31-17(3)4/h16-17,21,23-24,26H,5-15H2,1-4H3. The molecule has 0 aromatic carbocycles. The van der Waals surface area contributed by atoms with Crippen LogP contribution in [0.4, 0.5) is 0 Å². The van der Waals surface area contributed by atoms with E-state index in [1.165, 1.54) is 0 Å². The number of rotatable bonds is 20. The van der Waals surface area contributed by atoms with E-state index in [0.29, 0.717) is 83.6 Å². The summed E-state index contributed by atoms with van der Waals surface area (Å²) in [6.07, 6.45) is 0.245. The van der Waals surface area contributed by atoms with Gasteiger partial charge in [-0.1, -0.05) is 13.8 Å². The van der Waals surface area contributed by atoms with Gasteiger partial charge >= 0.3 is 0 Å². The highest BCUT2D eigenvalue weighted by Crippen LogP contribution is 2.20.